The number of hydrogen-bond acceptors (Lipinski definition) is 2. The molecular formula is C14H19ClF3N5O. The molecule has 2 rings (SSSR count). The number of likely N-dealkylation sites (tertiary alicyclic amines) is 1. The van der Waals surface area contributed by atoms with Gasteiger partial charge >= 0.3 is 6.36 Å². The van der Waals surface area contributed by atoms with Gasteiger partial charge in [-0.15, -0.1) is 25.6 Å². The third-order valence-corrected chi connectivity index (χ3v) is 3.43. The molecule has 1 aliphatic heterocycles. The average molecular weight is 366 g/mol. The van der Waals surface area contributed by atoms with Crippen molar-refractivity contribution in [3.05, 3.63) is 24.3 Å². The maximum Gasteiger partial charge on any atom is 0.573 e. The highest BCUT2D eigenvalue weighted by Gasteiger charge is 2.31. The minimum atomic E-state index is -4.72. The monoisotopic (exact) mass is 365 g/mol. The predicted molar refractivity (Wildman–Crippen MR) is 88.9 cm³/mol. The van der Waals surface area contributed by atoms with Crippen molar-refractivity contribution in [1.82, 2.24) is 4.90 Å². The standard InChI is InChI=1S/C14H18F3N5O.ClH/c1-21(12(18)20-13(19)22-8-2-3-9-22)10-4-6-11(7-5-10)23-14(15,16)17;/h4-7H,2-3,8-9H2,1H3,(H3,18,19,20);1H. The molecule has 0 unspecified atom stereocenters. The molecule has 0 spiro atoms. The molecule has 0 aliphatic carbocycles. The summed E-state index contributed by atoms with van der Waals surface area (Å²) in [6.07, 6.45) is -2.68. The Morgan fingerprint density at radius 3 is 2.29 bits per heavy atom. The molecule has 0 saturated carbocycles. The maximum atomic E-state index is 12.1. The van der Waals surface area contributed by atoms with E-state index in [1.54, 1.807) is 7.05 Å². The minimum absolute atomic E-state index is 0. The van der Waals surface area contributed by atoms with Gasteiger partial charge in [-0.05, 0) is 37.1 Å². The fourth-order valence-electron chi connectivity index (χ4n) is 2.19. The molecule has 1 heterocycles. The van der Waals surface area contributed by atoms with Gasteiger partial charge in [0.15, 0.2) is 0 Å². The molecule has 0 aromatic heterocycles. The first-order valence-electron chi connectivity index (χ1n) is 7.03. The van der Waals surface area contributed by atoms with Crippen LogP contribution >= 0.6 is 12.4 Å². The predicted octanol–water partition coefficient (Wildman–Crippen LogP) is 2.79. The summed E-state index contributed by atoms with van der Waals surface area (Å²) in [5.41, 5.74) is 6.39. The Morgan fingerprint density at radius 2 is 1.79 bits per heavy atom. The van der Waals surface area contributed by atoms with E-state index in [1.165, 1.54) is 29.2 Å². The second-order valence-corrected chi connectivity index (χ2v) is 5.09. The normalized spacial score (nSPS) is 15.0. The van der Waals surface area contributed by atoms with Crippen LogP contribution in [0.4, 0.5) is 18.9 Å². The lowest BCUT2D eigenvalue weighted by atomic mass is 10.3. The zero-order chi connectivity index (χ0) is 17.0. The third kappa shape index (κ3) is 5.48. The number of nitrogens with one attached hydrogen (secondary N) is 1. The number of guanidine groups is 2. The Labute approximate surface area is 144 Å². The first-order chi connectivity index (χ1) is 10.8. The number of nitrogens with two attached hydrogens (primary N) is 1. The van der Waals surface area contributed by atoms with Crippen molar-refractivity contribution >= 4 is 30.0 Å². The average Bonchev–Trinajstić information content (AvgIpc) is 3.00. The van der Waals surface area contributed by atoms with Crippen molar-refractivity contribution in [3.63, 3.8) is 0 Å². The van der Waals surface area contributed by atoms with Gasteiger partial charge < -0.3 is 20.3 Å². The van der Waals surface area contributed by atoms with Crippen molar-refractivity contribution in [2.75, 3.05) is 25.0 Å². The van der Waals surface area contributed by atoms with Crippen LogP contribution in [0.25, 0.3) is 0 Å². The van der Waals surface area contributed by atoms with E-state index in [0.717, 1.165) is 25.9 Å². The van der Waals surface area contributed by atoms with Crippen molar-refractivity contribution in [2.24, 2.45) is 10.7 Å². The number of alkyl halides is 3. The number of benzene rings is 1. The molecular weight excluding hydrogens is 347 g/mol. The Balaban J connectivity index is 0.00000288. The molecule has 1 saturated heterocycles. The summed E-state index contributed by atoms with van der Waals surface area (Å²) in [5, 5.41) is 7.89. The van der Waals surface area contributed by atoms with E-state index in [-0.39, 0.29) is 30.1 Å². The van der Waals surface area contributed by atoms with Crippen molar-refractivity contribution in [1.29, 1.82) is 5.41 Å². The van der Waals surface area contributed by atoms with Crippen LogP contribution in [-0.2, 0) is 0 Å². The van der Waals surface area contributed by atoms with Crippen LogP contribution in [0, 0.1) is 5.41 Å². The van der Waals surface area contributed by atoms with E-state index in [4.69, 9.17) is 11.1 Å². The number of hydrogen-bond donors (Lipinski definition) is 2. The Morgan fingerprint density at radius 1 is 1.25 bits per heavy atom. The number of halogens is 4. The highest BCUT2D eigenvalue weighted by atomic mass is 35.5. The molecule has 1 aliphatic rings. The van der Waals surface area contributed by atoms with Gasteiger partial charge in [-0.2, -0.15) is 4.99 Å². The molecule has 1 aromatic carbocycles. The number of rotatable bonds is 2. The van der Waals surface area contributed by atoms with Crippen LogP contribution in [0.2, 0.25) is 0 Å². The zero-order valence-corrected chi connectivity index (χ0v) is 13.8. The molecule has 6 nitrogen and oxygen atoms in total. The summed E-state index contributed by atoms with van der Waals surface area (Å²) in [5.74, 6) is -0.134. The molecule has 1 aromatic rings. The van der Waals surface area contributed by atoms with Crippen LogP contribution in [0.1, 0.15) is 12.8 Å². The van der Waals surface area contributed by atoms with Crippen LogP contribution in [0.5, 0.6) is 5.75 Å². The van der Waals surface area contributed by atoms with E-state index in [0.29, 0.717) is 5.69 Å². The number of nitrogens with zero attached hydrogens (tertiary/aromatic N) is 3. The lowest BCUT2D eigenvalue weighted by Crippen LogP contribution is -2.37. The fourth-order valence-corrected chi connectivity index (χ4v) is 2.19. The second kappa shape index (κ2) is 8.09. The topological polar surface area (TPSA) is 77.9 Å². The SMILES string of the molecule is CN(C(N)=NC(=N)N1CCCC1)c1ccc(OC(F)(F)F)cc1.Cl. The summed E-state index contributed by atoms with van der Waals surface area (Å²) >= 11 is 0. The highest BCUT2D eigenvalue weighted by Crippen LogP contribution is 2.25. The highest BCUT2D eigenvalue weighted by molar-refractivity contribution is 6.01. The second-order valence-electron chi connectivity index (χ2n) is 5.09. The van der Waals surface area contributed by atoms with Gasteiger partial charge in [0.1, 0.15) is 5.75 Å². The summed E-state index contributed by atoms with van der Waals surface area (Å²) in [7, 11) is 1.62. The molecule has 0 atom stereocenters. The van der Waals surface area contributed by atoms with E-state index < -0.39 is 6.36 Å². The molecule has 3 N–H and O–H groups in total. The van der Waals surface area contributed by atoms with Crippen LogP contribution in [0.3, 0.4) is 0 Å². The maximum absolute atomic E-state index is 12.1. The molecule has 1 fully saturated rings. The van der Waals surface area contributed by atoms with Gasteiger partial charge in [0.25, 0.3) is 0 Å². The largest absolute Gasteiger partial charge is 0.573 e. The van der Waals surface area contributed by atoms with Crippen LogP contribution in [-0.4, -0.2) is 43.3 Å². The molecule has 0 amide bonds. The molecule has 0 bridgehead atoms. The van der Waals surface area contributed by atoms with Gasteiger partial charge in [-0.3, -0.25) is 5.41 Å². The molecule has 24 heavy (non-hydrogen) atoms. The summed E-state index contributed by atoms with van der Waals surface area (Å²) in [6, 6.07) is 5.25. The molecule has 10 heteroatoms. The van der Waals surface area contributed by atoms with Gasteiger partial charge in [0, 0.05) is 25.8 Å². The Kier molecular flexibility index (Phi) is 6.70. The number of ether oxygens (including phenoxy) is 1. The minimum Gasteiger partial charge on any atom is -0.406 e. The molecule has 134 valence electrons. The van der Waals surface area contributed by atoms with Crippen molar-refractivity contribution < 1.29 is 17.9 Å². The summed E-state index contributed by atoms with van der Waals surface area (Å²) < 4.78 is 40.2. The summed E-state index contributed by atoms with van der Waals surface area (Å²) in [4.78, 5) is 7.34. The fraction of sp³-hybridized carbons (Fsp3) is 0.429. The van der Waals surface area contributed by atoms with Crippen molar-refractivity contribution in [3.8, 4) is 5.75 Å². The van der Waals surface area contributed by atoms with Crippen molar-refractivity contribution in [2.45, 2.75) is 19.2 Å². The van der Waals surface area contributed by atoms with Gasteiger partial charge in [-0.25, -0.2) is 0 Å². The van der Waals surface area contributed by atoms with E-state index in [2.05, 4.69) is 9.73 Å². The van der Waals surface area contributed by atoms with Gasteiger partial charge in [0.05, 0.1) is 0 Å². The van der Waals surface area contributed by atoms with Gasteiger partial charge in [-0.1, -0.05) is 0 Å². The van der Waals surface area contributed by atoms with Crippen LogP contribution < -0.4 is 15.4 Å². The first kappa shape index (κ1) is 19.9. The van der Waals surface area contributed by atoms with E-state index >= 15 is 0 Å². The Hall–Kier alpha value is -2.16. The van der Waals surface area contributed by atoms with Crippen LogP contribution in [0.15, 0.2) is 29.3 Å². The molecule has 0 radical (unpaired) electrons. The summed E-state index contributed by atoms with van der Waals surface area (Å²) in [6.45, 7) is 1.56. The Bertz CT molecular complexity index is 585. The first-order valence-corrected chi connectivity index (χ1v) is 7.03. The zero-order valence-electron chi connectivity index (χ0n) is 13.0. The van der Waals surface area contributed by atoms with E-state index in [1.807, 2.05) is 4.90 Å². The van der Waals surface area contributed by atoms with Gasteiger partial charge in [0.2, 0.25) is 11.9 Å². The lowest BCUT2D eigenvalue weighted by Gasteiger charge is -2.20. The smallest absolute Gasteiger partial charge is 0.406 e. The number of anilines is 1. The van der Waals surface area contributed by atoms with E-state index in [9.17, 15) is 13.2 Å². The number of aliphatic imine (C=N–C) groups is 1. The third-order valence-electron chi connectivity index (χ3n) is 3.43. The lowest BCUT2D eigenvalue weighted by molar-refractivity contribution is -0.274. The quantitative estimate of drug-likeness (QED) is 0.624.